The summed E-state index contributed by atoms with van der Waals surface area (Å²) in [6.45, 7) is 6.61. The van der Waals surface area contributed by atoms with Gasteiger partial charge < -0.3 is 9.88 Å². The van der Waals surface area contributed by atoms with Crippen molar-refractivity contribution in [2.45, 2.75) is 37.7 Å². The van der Waals surface area contributed by atoms with Gasteiger partial charge in [0, 0.05) is 31.0 Å². The smallest absolute Gasteiger partial charge is 0.321 e. The van der Waals surface area contributed by atoms with Crippen molar-refractivity contribution in [2.24, 2.45) is 0 Å². The summed E-state index contributed by atoms with van der Waals surface area (Å²) < 4.78 is 1.93. The van der Waals surface area contributed by atoms with Gasteiger partial charge >= 0.3 is 6.03 Å². The van der Waals surface area contributed by atoms with E-state index in [1.807, 2.05) is 23.6 Å². The molecule has 2 N–H and O–H groups in total. The summed E-state index contributed by atoms with van der Waals surface area (Å²) in [4.78, 5) is 27.5. The molecule has 0 saturated heterocycles. The molecule has 0 spiro atoms. The third-order valence-electron chi connectivity index (χ3n) is 3.20. The molecule has 2 rings (SSSR count). The highest BCUT2D eigenvalue weighted by Crippen LogP contribution is 2.26. The van der Waals surface area contributed by atoms with Crippen LogP contribution in [-0.2, 0) is 11.3 Å². The molecule has 0 fully saturated rings. The molecule has 2 aromatic rings. The molecule has 0 aromatic carbocycles. The predicted octanol–water partition coefficient (Wildman–Crippen LogP) is 1.69. The Balaban J connectivity index is 2.11. The first-order chi connectivity index (χ1) is 11.6. The maximum absolute atomic E-state index is 12.1. The predicted molar refractivity (Wildman–Crippen MR) is 91.5 cm³/mol. The lowest BCUT2D eigenvalue weighted by atomic mass is 10.2. The number of carbonyl (C=O) groups is 2. The van der Waals surface area contributed by atoms with E-state index in [-0.39, 0.29) is 5.91 Å². The normalized spacial score (nSPS) is 11.8. The van der Waals surface area contributed by atoms with Gasteiger partial charge in [0.05, 0.1) is 5.25 Å². The Morgan fingerprint density at radius 2 is 1.96 bits per heavy atom. The van der Waals surface area contributed by atoms with Gasteiger partial charge in [-0.3, -0.25) is 15.1 Å². The quantitative estimate of drug-likeness (QED) is 0.770. The number of pyridine rings is 1. The van der Waals surface area contributed by atoms with E-state index in [1.165, 1.54) is 11.8 Å². The van der Waals surface area contributed by atoms with Crippen LogP contribution in [0.5, 0.6) is 0 Å². The summed E-state index contributed by atoms with van der Waals surface area (Å²) >= 11 is 1.26. The van der Waals surface area contributed by atoms with Gasteiger partial charge in [-0.15, -0.1) is 10.2 Å². The van der Waals surface area contributed by atoms with Gasteiger partial charge in [-0.25, -0.2) is 4.79 Å². The molecule has 24 heavy (non-hydrogen) atoms. The van der Waals surface area contributed by atoms with Crippen molar-refractivity contribution in [1.29, 1.82) is 0 Å². The monoisotopic (exact) mass is 348 g/mol. The maximum Gasteiger partial charge on any atom is 0.321 e. The number of carbonyl (C=O) groups excluding carboxylic acids is 2. The fraction of sp³-hybridized carbons (Fsp3) is 0.400. The zero-order valence-corrected chi connectivity index (χ0v) is 14.6. The molecule has 0 saturated carbocycles. The Labute approximate surface area is 144 Å². The van der Waals surface area contributed by atoms with Crippen molar-refractivity contribution in [3.05, 3.63) is 24.5 Å². The van der Waals surface area contributed by atoms with Gasteiger partial charge in [0.2, 0.25) is 5.91 Å². The van der Waals surface area contributed by atoms with E-state index in [0.717, 1.165) is 11.4 Å². The topological polar surface area (TPSA) is 102 Å². The average Bonchev–Trinajstić information content (AvgIpc) is 2.98. The summed E-state index contributed by atoms with van der Waals surface area (Å²) in [5, 5.41) is 13.4. The van der Waals surface area contributed by atoms with Crippen LogP contribution in [0.3, 0.4) is 0 Å². The first-order valence-corrected chi connectivity index (χ1v) is 8.53. The van der Waals surface area contributed by atoms with Crippen LogP contribution >= 0.6 is 11.8 Å². The van der Waals surface area contributed by atoms with Crippen LogP contribution in [-0.4, -0.2) is 43.5 Å². The average molecular weight is 348 g/mol. The Morgan fingerprint density at radius 1 is 1.25 bits per heavy atom. The van der Waals surface area contributed by atoms with Crippen molar-refractivity contribution in [3.8, 4) is 11.4 Å². The van der Waals surface area contributed by atoms with Crippen molar-refractivity contribution in [1.82, 2.24) is 30.4 Å². The van der Waals surface area contributed by atoms with Crippen LogP contribution in [0.25, 0.3) is 11.4 Å². The van der Waals surface area contributed by atoms with Crippen LogP contribution in [0, 0.1) is 0 Å². The number of amides is 3. The van der Waals surface area contributed by atoms with E-state index in [4.69, 9.17) is 0 Å². The van der Waals surface area contributed by atoms with E-state index in [2.05, 4.69) is 25.8 Å². The number of hydrogen-bond donors (Lipinski definition) is 2. The molecule has 9 heteroatoms. The van der Waals surface area contributed by atoms with Crippen LogP contribution in [0.2, 0.25) is 0 Å². The lowest BCUT2D eigenvalue weighted by Crippen LogP contribution is -2.42. The molecular formula is C15H20N6O2S. The van der Waals surface area contributed by atoms with Crippen molar-refractivity contribution >= 4 is 23.7 Å². The molecular weight excluding hydrogens is 328 g/mol. The minimum absolute atomic E-state index is 0.373. The highest BCUT2D eigenvalue weighted by atomic mass is 32.2. The Morgan fingerprint density at radius 3 is 2.58 bits per heavy atom. The van der Waals surface area contributed by atoms with Gasteiger partial charge in [0.15, 0.2) is 11.0 Å². The number of thioether (sulfide) groups is 1. The summed E-state index contributed by atoms with van der Waals surface area (Å²) in [6, 6.07) is 3.22. The molecule has 0 bridgehead atoms. The molecule has 1 atom stereocenters. The molecule has 2 aromatic heterocycles. The fourth-order valence-electron chi connectivity index (χ4n) is 2.01. The first-order valence-electron chi connectivity index (χ1n) is 7.65. The lowest BCUT2D eigenvalue weighted by Gasteiger charge is -2.12. The third-order valence-corrected chi connectivity index (χ3v) is 4.28. The minimum Gasteiger partial charge on any atom is -0.338 e. The van der Waals surface area contributed by atoms with E-state index in [0.29, 0.717) is 18.2 Å². The standard InChI is InChI=1S/C15H20N6O2S/c1-4-17-14(23)18-13(22)10(3)24-15-20-19-12(21(15)5-2)11-6-8-16-9-7-11/h6-10H,4-5H2,1-3H3,(H2,17,18,22,23)/t10-/m0/s1. The number of aromatic nitrogens is 4. The van der Waals surface area contributed by atoms with Gasteiger partial charge in [-0.1, -0.05) is 11.8 Å². The van der Waals surface area contributed by atoms with Crippen molar-refractivity contribution in [3.63, 3.8) is 0 Å². The summed E-state index contributed by atoms with van der Waals surface area (Å²) in [7, 11) is 0. The minimum atomic E-state index is -0.496. The number of imide groups is 1. The molecule has 128 valence electrons. The highest BCUT2D eigenvalue weighted by molar-refractivity contribution is 8.00. The van der Waals surface area contributed by atoms with Crippen LogP contribution < -0.4 is 10.6 Å². The molecule has 0 aliphatic carbocycles. The zero-order chi connectivity index (χ0) is 17.5. The number of urea groups is 1. The van der Waals surface area contributed by atoms with E-state index < -0.39 is 11.3 Å². The van der Waals surface area contributed by atoms with Gasteiger partial charge in [0.1, 0.15) is 0 Å². The molecule has 0 unspecified atom stereocenters. The number of nitrogens with one attached hydrogen (secondary N) is 2. The number of rotatable bonds is 6. The van der Waals surface area contributed by atoms with E-state index in [9.17, 15) is 9.59 Å². The Bertz CT molecular complexity index is 703. The molecule has 8 nitrogen and oxygen atoms in total. The largest absolute Gasteiger partial charge is 0.338 e. The van der Waals surface area contributed by atoms with Gasteiger partial charge in [-0.2, -0.15) is 0 Å². The second-order valence-corrected chi connectivity index (χ2v) is 6.20. The number of nitrogens with zero attached hydrogens (tertiary/aromatic N) is 4. The van der Waals surface area contributed by atoms with Crippen LogP contribution in [0.15, 0.2) is 29.7 Å². The summed E-state index contributed by atoms with van der Waals surface area (Å²) in [6.07, 6.45) is 3.39. The van der Waals surface area contributed by atoms with E-state index >= 15 is 0 Å². The van der Waals surface area contributed by atoms with Crippen molar-refractivity contribution < 1.29 is 9.59 Å². The fourth-order valence-corrected chi connectivity index (χ4v) is 2.92. The molecule has 2 heterocycles. The molecule has 0 aliphatic heterocycles. The SMILES string of the molecule is CCNC(=O)NC(=O)[C@H](C)Sc1nnc(-c2ccncc2)n1CC. The molecule has 0 aliphatic rings. The maximum atomic E-state index is 12.1. The molecule has 3 amide bonds. The highest BCUT2D eigenvalue weighted by Gasteiger charge is 2.21. The third kappa shape index (κ3) is 4.31. The molecule has 0 radical (unpaired) electrons. The number of hydrogen-bond acceptors (Lipinski definition) is 6. The first kappa shape index (κ1) is 17.9. The van der Waals surface area contributed by atoms with Gasteiger partial charge in [0.25, 0.3) is 0 Å². The summed E-state index contributed by atoms with van der Waals surface area (Å²) in [5.74, 6) is 0.348. The lowest BCUT2D eigenvalue weighted by molar-refractivity contribution is -0.119. The Hall–Kier alpha value is -2.42. The second kappa shape index (κ2) is 8.44. The summed E-state index contributed by atoms with van der Waals surface area (Å²) in [5.41, 5.74) is 0.908. The Kier molecular flexibility index (Phi) is 6.30. The van der Waals surface area contributed by atoms with Crippen LogP contribution in [0.1, 0.15) is 20.8 Å². The van der Waals surface area contributed by atoms with Crippen molar-refractivity contribution in [2.75, 3.05) is 6.54 Å². The zero-order valence-electron chi connectivity index (χ0n) is 13.8. The van der Waals surface area contributed by atoms with Gasteiger partial charge in [-0.05, 0) is 32.9 Å². The van der Waals surface area contributed by atoms with E-state index in [1.54, 1.807) is 26.2 Å². The van der Waals surface area contributed by atoms with Crippen LogP contribution in [0.4, 0.5) is 4.79 Å². The second-order valence-electron chi connectivity index (χ2n) is 4.90.